The van der Waals surface area contributed by atoms with E-state index in [2.05, 4.69) is 34.6 Å². The van der Waals surface area contributed by atoms with Crippen LogP contribution in [0.2, 0.25) is 0 Å². The van der Waals surface area contributed by atoms with Crippen LogP contribution in [-0.2, 0) is 0 Å². The first kappa shape index (κ1) is 14.0. The third-order valence-corrected chi connectivity index (χ3v) is 4.76. The molecule has 0 radical (unpaired) electrons. The van der Waals surface area contributed by atoms with E-state index in [-0.39, 0.29) is 6.10 Å². The molecule has 1 aliphatic rings. The van der Waals surface area contributed by atoms with Gasteiger partial charge in [0, 0.05) is 0 Å². The number of aliphatic hydroxyl groups excluding tert-OH is 1. The molecular weight excluding hydrogens is 196 g/mol. The molecule has 0 aliphatic heterocycles. The van der Waals surface area contributed by atoms with E-state index in [1.165, 1.54) is 19.3 Å². The molecule has 1 fully saturated rings. The molecular formula is C15H30O. The minimum absolute atomic E-state index is 0.0650. The maximum Gasteiger partial charge on any atom is 0.0548 e. The lowest BCUT2D eigenvalue weighted by Crippen LogP contribution is -2.40. The van der Waals surface area contributed by atoms with Crippen LogP contribution in [0, 0.1) is 23.2 Å². The third kappa shape index (κ3) is 3.48. The zero-order valence-corrected chi connectivity index (χ0v) is 11.8. The van der Waals surface area contributed by atoms with Gasteiger partial charge >= 0.3 is 0 Å². The van der Waals surface area contributed by atoms with Gasteiger partial charge < -0.3 is 5.11 Å². The Bertz CT molecular complexity index is 209. The van der Waals surface area contributed by atoms with Crippen molar-refractivity contribution in [2.24, 2.45) is 23.2 Å². The zero-order valence-electron chi connectivity index (χ0n) is 11.8. The largest absolute Gasteiger partial charge is 0.393 e. The number of hydrogen-bond acceptors (Lipinski definition) is 1. The maximum absolute atomic E-state index is 9.86. The fourth-order valence-electron chi connectivity index (χ4n) is 3.55. The van der Waals surface area contributed by atoms with Crippen LogP contribution >= 0.6 is 0 Å². The molecule has 0 saturated heterocycles. The molecule has 16 heavy (non-hydrogen) atoms. The normalized spacial score (nSPS) is 36.0. The van der Waals surface area contributed by atoms with E-state index in [1.807, 2.05) is 0 Å². The highest BCUT2D eigenvalue weighted by Gasteiger charge is 2.39. The minimum Gasteiger partial charge on any atom is -0.393 e. The summed E-state index contributed by atoms with van der Waals surface area (Å²) in [5.41, 5.74) is 0.324. The molecule has 3 unspecified atom stereocenters. The number of aliphatic hydroxyl groups is 1. The quantitative estimate of drug-likeness (QED) is 0.760. The van der Waals surface area contributed by atoms with Crippen LogP contribution in [0.4, 0.5) is 0 Å². The average Bonchev–Trinajstić information content (AvgIpc) is 2.14. The van der Waals surface area contributed by atoms with E-state index in [4.69, 9.17) is 0 Å². The molecule has 0 bridgehead atoms. The Morgan fingerprint density at radius 3 is 2.50 bits per heavy atom. The van der Waals surface area contributed by atoms with E-state index in [9.17, 15) is 5.11 Å². The molecule has 0 aromatic rings. The highest BCUT2D eigenvalue weighted by molar-refractivity contribution is 4.90. The molecule has 1 aliphatic carbocycles. The predicted octanol–water partition coefficient (Wildman–Crippen LogP) is 4.25. The van der Waals surface area contributed by atoms with Crippen LogP contribution in [0.5, 0.6) is 0 Å². The van der Waals surface area contributed by atoms with E-state index < -0.39 is 0 Å². The molecule has 0 aromatic heterocycles. The zero-order chi connectivity index (χ0) is 12.3. The van der Waals surface area contributed by atoms with Crippen molar-refractivity contribution in [1.82, 2.24) is 0 Å². The van der Waals surface area contributed by atoms with Crippen LogP contribution in [0.15, 0.2) is 0 Å². The van der Waals surface area contributed by atoms with Gasteiger partial charge in [0.05, 0.1) is 6.10 Å². The second-order valence-corrected chi connectivity index (χ2v) is 6.76. The van der Waals surface area contributed by atoms with Gasteiger partial charge in [-0.2, -0.15) is 0 Å². The van der Waals surface area contributed by atoms with E-state index in [0.29, 0.717) is 11.3 Å². The van der Waals surface area contributed by atoms with Crippen molar-refractivity contribution < 1.29 is 5.11 Å². The topological polar surface area (TPSA) is 20.2 Å². The van der Waals surface area contributed by atoms with Gasteiger partial charge in [-0.15, -0.1) is 0 Å². The number of hydrogen-bond donors (Lipinski definition) is 1. The molecule has 4 atom stereocenters. The van der Waals surface area contributed by atoms with Crippen LogP contribution < -0.4 is 0 Å². The van der Waals surface area contributed by atoms with E-state index >= 15 is 0 Å². The summed E-state index contributed by atoms with van der Waals surface area (Å²) in [4.78, 5) is 0. The molecule has 1 N–H and O–H groups in total. The fourth-order valence-corrected chi connectivity index (χ4v) is 3.55. The van der Waals surface area contributed by atoms with Crippen molar-refractivity contribution >= 4 is 0 Å². The predicted molar refractivity (Wildman–Crippen MR) is 70.4 cm³/mol. The summed E-state index contributed by atoms with van der Waals surface area (Å²) in [6, 6.07) is 0. The Balaban J connectivity index is 2.55. The highest BCUT2D eigenvalue weighted by Crippen LogP contribution is 2.46. The molecule has 1 rings (SSSR count). The lowest BCUT2D eigenvalue weighted by Gasteiger charge is -2.45. The average molecular weight is 226 g/mol. The summed E-state index contributed by atoms with van der Waals surface area (Å²) in [5, 5.41) is 9.86. The molecule has 0 spiro atoms. The first-order chi connectivity index (χ1) is 7.36. The highest BCUT2D eigenvalue weighted by atomic mass is 16.3. The van der Waals surface area contributed by atoms with Gasteiger partial charge in [0.2, 0.25) is 0 Å². The summed E-state index contributed by atoms with van der Waals surface area (Å²) in [6.45, 7) is 11.6. The third-order valence-electron chi connectivity index (χ3n) is 4.76. The Morgan fingerprint density at radius 1 is 1.38 bits per heavy atom. The minimum atomic E-state index is -0.0650. The van der Waals surface area contributed by atoms with Gasteiger partial charge in [0.15, 0.2) is 0 Å². The SMILES string of the molecule is CCC(C)CCC1C(C)C[C@@H](O)CC1(C)C. The first-order valence-electron chi connectivity index (χ1n) is 7.05. The van der Waals surface area contributed by atoms with Crippen LogP contribution in [0.25, 0.3) is 0 Å². The Hall–Kier alpha value is -0.0400. The van der Waals surface area contributed by atoms with Crippen molar-refractivity contribution in [2.45, 2.75) is 72.8 Å². The van der Waals surface area contributed by atoms with E-state index in [1.54, 1.807) is 0 Å². The molecule has 1 saturated carbocycles. The van der Waals surface area contributed by atoms with Gasteiger partial charge in [0.25, 0.3) is 0 Å². The lowest BCUT2D eigenvalue weighted by atomic mass is 9.61. The van der Waals surface area contributed by atoms with Gasteiger partial charge in [-0.3, -0.25) is 0 Å². The van der Waals surface area contributed by atoms with Crippen molar-refractivity contribution in [3.8, 4) is 0 Å². The fraction of sp³-hybridized carbons (Fsp3) is 1.00. The second kappa shape index (κ2) is 5.53. The Kier molecular flexibility index (Phi) is 4.85. The van der Waals surface area contributed by atoms with Gasteiger partial charge in [-0.25, -0.2) is 0 Å². The summed E-state index contributed by atoms with van der Waals surface area (Å²) < 4.78 is 0. The molecule has 0 amide bonds. The lowest BCUT2D eigenvalue weighted by molar-refractivity contribution is -0.0173. The first-order valence-corrected chi connectivity index (χ1v) is 7.05. The van der Waals surface area contributed by atoms with E-state index in [0.717, 1.165) is 24.7 Å². The van der Waals surface area contributed by atoms with Crippen LogP contribution in [0.1, 0.15) is 66.7 Å². The molecule has 0 heterocycles. The van der Waals surface area contributed by atoms with Crippen LogP contribution in [0.3, 0.4) is 0 Å². The second-order valence-electron chi connectivity index (χ2n) is 6.76. The van der Waals surface area contributed by atoms with Crippen molar-refractivity contribution in [3.63, 3.8) is 0 Å². The maximum atomic E-state index is 9.86. The van der Waals surface area contributed by atoms with Crippen LogP contribution in [-0.4, -0.2) is 11.2 Å². The Morgan fingerprint density at radius 2 is 2.00 bits per heavy atom. The van der Waals surface area contributed by atoms with Gasteiger partial charge in [0.1, 0.15) is 0 Å². The summed E-state index contributed by atoms with van der Waals surface area (Å²) in [7, 11) is 0. The summed E-state index contributed by atoms with van der Waals surface area (Å²) >= 11 is 0. The Labute approximate surface area is 102 Å². The van der Waals surface area contributed by atoms with Gasteiger partial charge in [-0.05, 0) is 42.4 Å². The summed E-state index contributed by atoms with van der Waals surface area (Å²) in [6.07, 6.45) is 5.92. The number of rotatable bonds is 4. The van der Waals surface area contributed by atoms with Crippen molar-refractivity contribution in [3.05, 3.63) is 0 Å². The molecule has 1 heteroatoms. The standard InChI is InChI=1S/C15H30O/c1-6-11(2)7-8-14-12(3)9-13(16)10-15(14,4)5/h11-14,16H,6-10H2,1-5H3/t11?,12?,13-,14?/m1/s1. The summed E-state index contributed by atoms with van der Waals surface area (Å²) in [5.74, 6) is 2.34. The molecule has 1 nitrogen and oxygen atoms in total. The monoisotopic (exact) mass is 226 g/mol. The molecule has 96 valence electrons. The smallest absolute Gasteiger partial charge is 0.0548 e. The molecule has 0 aromatic carbocycles. The van der Waals surface area contributed by atoms with Crippen molar-refractivity contribution in [2.75, 3.05) is 0 Å². The van der Waals surface area contributed by atoms with Gasteiger partial charge in [-0.1, -0.05) is 47.5 Å². The van der Waals surface area contributed by atoms with Crippen molar-refractivity contribution in [1.29, 1.82) is 0 Å².